The molecule has 3 rings (SSSR count). The number of ether oxygens (including phenoxy) is 1. The lowest BCUT2D eigenvalue weighted by Gasteiger charge is -2.47. The largest absolute Gasteiger partial charge is 0.374 e. The molecule has 2 aliphatic heterocycles. The molecule has 0 aliphatic carbocycles. The van der Waals surface area contributed by atoms with Crippen molar-refractivity contribution in [3.8, 4) is 0 Å². The molecule has 0 aromatic heterocycles. The smallest absolute Gasteiger partial charge is 0.191 e. The van der Waals surface area contributed by atoms with E-state index in [0.717, 1.165) is 39.2 Å². The van der Waals surface area contributed by atoms with Crippen LogP contribution in [0.15, 0.2) is 35.3 Å². The second-order valence-corrected chi connectivity index (χ2v) is 5.76. The molecule has 0 radical (unpaired) electrons. The molecule has 0 bridgehead atoms. The number of piperidine rings is 1. The number of rotatable bonds is 2. The lowest BCUT2D eigenvalue weighted by molar-refractivity contribution is -0.0821. The van der Waals surface area contributed by atoms with E-state index in [0.29, 0.717) is 12.0 Å². The summed E-state index contributed by atoms with van der Waals surface area (Å²) in [4.78, 5) is 8.86. The fourth-order valence-electron chi connectivity index (χ4n) is 3.34. The van der Waals surface area contributed by atoms with Gasteiger partial charge in [-0.3, -0.25) is 9.89 Å². The maximum atomic E-state index is 6.05. The zero-order valence-electron chi connectivity index (χ0n) is 12.6. The molecule has 2 atom stereocenters. The third-order valence-electron chi connectivity index (χ3n) is 4.44. The molecule has 5 heteroatoms. The maximum absolute atomic E-state index is 6.05. The minimum atomic E-state index is 0.283. The third-order valence-corrected chi connectivity index (χ3v) is 4.44. The van der Waals surface area contributed by atoms with Crippen molar-refractivity contribution in [1.29, 1.82) is 0 Å². The van der Waals surface area contributed by atoms with E-state index < -0.39 is 0 Å². The number of hydrogen-bond donors (Lipinski definition) is 1. The fraction of sp³-hybridized carbons (Fsp3) is 0.562. The molecule has 2 unspecified atom stereocenters. The van der Waals surface area contributed by atoms with Crippen LogP contribution in [0.1, 0.15) is 12.0 Å². The molecule has 0 spiro atoms. The molecular formula is C16H24N4O. The maximum Gasteiger partial charge on any atom is 0.191 e. The molecule has 0 saturated carbocycles. The number of nitrogens with two attached hydrogens (primary N) is 1. The van der Waals surface area contributed by atoms with Crippen LogP contribution in [0.2, 0.25) is 0 Å². The molecule has 2 N–H and O–H groups in total. The van der Waals surface area contributed by atoms with Gasteiger partial charge in [-0.25, -0.2) is 0 Å². The van der Waals surface area contributed by atoms with E-state index in [-0.39, 0.29) is 6.10 Å². The Labute approximate surface area is 126 Å². The first kappa shape index (κ1) is 14.4. The summed E-state index contributed by atoms with van der Waals surface area (Å²) in [5.74, 6) is 0.634. The monoisotopic (exact) mass is 288 g/mol. The van der Waals surface area contributed by atoms with Crippen LogP contribution >= 0.6 is 0 Å². The highest BCUT2D eigenvalue weighted by molar-refractivity contribution is 5.78. The molecule has 1 aromatic rings. The summed E-state index contributed by atoms with van der Waals surface area (Å²) in [5.41, 5.74) is 7.41. The van der Waals surface area contributed by atoms with E-state index in [2.05, 4.69) is 45.1 Å². The van der Waals surface area contributed by atoms with Gasteiger partial charge in [-0.05, 0) is 12.0 Å². The highest BCUT2D eigenvalue weighted by Crippen LogP contribution is 2.24. The number of fused-ring (bicyclic) bond motifs is 1. The molecule has 0 amide bonds. The predicted octanol–water partition coefficient (Wildman–Crippen LogP) is 0.906. The van der Waals surface area contributed by atoms with Crippen LogP contribution in [0.25, 0.3) is 0 Å². The van der Waals surface area contributed by atoms with Gasteiger partial charge in [0.05, 0.1) is 18.8 Å². The number of morpholine rings is 1. The van der Waals surface area contributed by atoms with Crippen molar-refractivity contribution >= 4 is 5.96 Å². The van der Waals surface area contributed by atoms with E-state index in [9.17, 15) is 0 Å². The van der Waals surface area contributed by atoms with Gasteiger partial charge in [-0.2, -0.15) is 0 Å². The number of benzene rings is 1. The van der Waals surface area contributed by atoms with Gasteiger partial charge in [0.2, 0.25) is 0 Å². The number of nitrogens with zero attached hydrogens (tertiary/aromatic N) is 3. The topological polar surface area (TPSA) is 54.1 Å². The van der Waals surface area contributed by atoms with Crippen molar-refractivity contribution in [3.63, 3.8) is 0 Å². The highest BCUT2D eigenvalue weighted by Gasteiger charge is 2.37. The Morgan fingerprint density at radius 1 is 1.33 bits per heavy atom. The summed E-state index contributed by atoms with van der Waals surface area (Å²) < 4.78 is 5.93. The normalized spacial score (nSPS) is 27.5. The highest BCUT2D eigenvalue weighted by atomic mass is 16.5. The Kier molecular flexibility index (Phi) is 4.41. The minimum Gasteiger partial charge on any atom is -0.374 e. The summed E-state index contributed by atoms with van der Waals surface area (Å²) >= 11 is 0. The Hall–Kier alpha value is -1.59. The quantitative estimate of drug-likeness (QED) is 0.649. The van der Waals surface area contributed by atoms with Crippen LogP contribution in [0.5, 0.6) is 0 Å². The van der Waals surface area contributed by atoms with Crippen molar-refractivity contribution < 1.29 is 4.74 Å². The van der Waals surface area contributed by atoms with E-state index in [1.807, 2.05) is 0 Å². The molecule has 5 nitrogen and oxygen atoms in total. The van der Waals surface area contributed by atoms with Crippen LogP contribution < -0.4 is 5.73 Å². The molecule has 2 saturated heterocycles. The predicted molar refractivity (Wildman–Crippen MR) is 84.1 cm³/mol. The van der Waals surface area contributed by atoms with E-state index in [1.54, 1.807) is 7.05 Å². The average Bonchev–Trinajstić information content (AvgIpc) is 2.54. The van der Waals surface area contributed by atoms with Gasteiger partial charge in [0.1, 0.15) is 0 Å². The number of guanidine groups is 1. The molecule has 2 aliphatic rings. The SMILES string of the molecule is CN=C(N)N1CCOC2CCN(Cc3ccccc3)CC21. The van der Waals surface area contributed by atoms with Crippen molar-refractivity contribution in [3.05, 3.63) is 35.9 Å². The lowest BCUT2D eigenvalue weighted by Crippen LogP contribution is -2.62. The minimum absolute atomic E-state index is 0.283. The second kappa shape index (κ2) is 6.45. The standard InChI is InChI=1S/C16H24N4O/c1-18-16(17)20-9-10-21-15-7-8-19(12-14(15)20)11-13-5-3-2-4-6-13/h2-6,14-15H,7-12H2,1H3,(H2,17,18). The molecular weight excluding hydrogens is 264 g/mol. The van der Waals surface area contributed by atoms with Crippen molar-refractivity contribution in [1.82, 2.24) is 9.80 Å². The first-order chi connectivity index (χ1) is 10.3. The van der Waals surface area contributed by atoms with Crippen molar-refractivity contribution in [2.24, 2.45) is 10.7 Å². The number of likely N-dealkylation sites (tertiary alicyclic amines) is 1. The van der Waals surface area contributed by atoms with Crippen LogP contribution in [0.4, 0.5) is 0 Å². The van der Waals surface area contributed by atoms with Gasteiger partial charge < -0.3 is 15.4 Å². The van der Waals surface area contributed by atoms with Gasteiger partial charge >= 0.3 is 0 Å². The summed E-state index contributed by atoms with van der Waals surface area (Å²) in [7, 11) is 1.75. The van der Waals surface area contributed by atoms with E-state index in [4.69, 9.17) is 10.5 Å². The average molecular weight is 288 g/mol. The van der Waals surface area contributed by atoms with Crippen LogP contribution in [-0.2, 0) is 11.3 Å². The summed E-state index contributed by atoms with van der Waals surface area (Å²) in [6.45, 7) is 4.63. The Bertz CT molecular complexity index is 490. The lowest BCUT2D eigenvalue weighted by atomic mass is 9.98. The zero-order valence-corrected chi connectivity index (χ0v) is 12.6. The second-order valence-electron chi connectivity index (χ2n) is 5.76. The third kappa shape index (κ3) is 3.19. The van der Waals surface area contributed by atoms with Gasteiger partial charge in [0.25, 0.3) is 0 Å². The van der Waals surface area contributed by atoms with Crippen LogP contribution in [0.3, 0.4) is 0 Å². The summed E-state index contributed by atoms with van der Waals surface area (Å²) in [6.07, 6.45) is 1.34. The summed E-state index contributed by atoms with van der Waals surface area (Å²) in [6, 6.07) is 10.9. The van der Waals surface area contributed by atoms with Gasteiger partial charge in [-0.15, -0.1) is 0 Å². The van der Waals surface area contributed by atoms with Crippen molar-refractivity contribution in [2.75, 3.05) is 33.3 Å². The number of aliphatic imine (C=N–C) groups is 1. The zero-order chi connectivity index (χ0) is 14.7. The Morgan fingerprint density at radius 2 is 2.14 bits per heavy atom. The van der Waals surface area contributed by atoms with Crippen molar-refractivity contribution in [2.45, 2.75) is 25.1 Å². The van der Waals surface area contributed by atoms with Gasteiger partial charge in [0, 0.05) is 33.2 Å². The molecule has 21 heavy (non-hydrogen) atoms. The molecule has 2 fully saturated rings. The van der Waals surface area contributed by atoms with E-state index >= 15 is 0 Å². The van der Waals surface area contributed by atoms with Crippen LogP contribution in [-0.4, -0.2) is 61.2 Å². The van der Waals surface area contributed by atoms with E-state index in [1.165, 1.54) is 5.56 Å². The Balaban J connectivity index is 1.68. The number of hydrogen-bond acceptors (Lipinski definition) is 3. The molecule has 2 heterocycles. The first-order valence-electron chi connectivity index (χ1n) is 7.64. The van der Waals surface area contributed by atoms with Gasteiger partial charge in [0.15, 0.2) is 5.96 Å². The molecule has 1 aromatic carbocycles. The summed E-state index contributed by atoms with van der Waals surface area (Å²) in [5, 5.41) is 0. The first-order valence-corrected chi connectivity index (χ1v) is 7.64. The van der Waals surface area contributed by atoms with Gasteiger partial charge in [-0.1, -0.05) is 30.3 Å². The Morgan fingerprint density at radius 3 is 2.90 bits per heavy atom. The molecule has 114 valence electrons. The van der Waals surface area contributed by atoms with Crippen LogP contribution in [0, 0.1) is 0 Å². The fourth-order valence-corrected chi connectivity index (χ4v) is 3.34.